The van der Waals surface area contributed by atoms with Gasteiger partial charge in [-0.2, -0.15) is 0 Å². The summed E-state index contributed by atoms with van der Waals surface area (Å²) in [5.74, 6) is -10.7. The minimum absolute atomic E-state index is 0.0652. The Labute approximate surface area is 198 Å². The normalized spacial score (nSPS) is 11.3. The van der Waals surface area contributed by atoms with Crippen molar-refractivity contribution in [1.82, 2.24) is 0 Å². The molecule has 1 N–H and O–H groups in total. The first kappa shape index (κ1) is 26.3. The molecule has 0 aliphatic rings. The average Bonchev–Trinajstić information content (AvgIpc) is 2.78. The van der Waals surface area contributed by atoms with E-state index in [1.807, 2.05) is 44.2 Å². The van der Waals surface area contributed by atoms with Crippen LogP contribution >= 0.6 is 18.6 Å². The van der Waals surface area contributed by atoms with Crippen molar-refractivity contribution in [3.8, 4) is 5.75 Å². The third-order valence-corrected chi connectivity index (χ3v) is 4.76. The first-order valence-corrected chi connectivity index (χ1v) is 13.3. The first-order chi connectivity index (χ1) is 15.1. The molecule has 0 atom stereocenters. The monoisotopic (exact) mass is 523 g/mol. The zero-order valence-electron chi connectivity index (χ0n) is 16.7. The second-order valence-electron chi connectivity index (χ2n) is 6.98. The molecule has 0 aromatic heterocycles. The molecule has 32 heavy (non-hydrogen) atoms. The molecule has 0 amide bonds. The summed E-state index contributed by atoms with van der Waals surface area (Å²) in [6, 6.07) is 14.0. The van der Waals surface area contributed by atoms with Crippen LogP contribution in [0.25, 0.3) is 0 Å². The summed E-state index contributed by atoms with van der Waals surface area (Å²) in [5, 5.41) is 10.7. The van der Waals surface area contributed by atoms with Crippen LogP contribution in [0.2, 0.25) is 0 Å². The van der Waals surface area contributed by atoms with Crippen molar-refractivity contribution in [2.45, 2.75) is 19.3 Å². The molecule has 0 fully saturated rings. The number of phenols is 1. The van der Waals surface area contributed by atoms with Gasteiger partial charge in [-0.25, -0.2) is 26.9 Å². The van der Waals surface area contributed by atoms with E-state index in [0.717, 1.165) is 11.8 Å². The SMILES string of the molecule is CC(C)(c1ccccc1)c1cccc(C=Nc2c(F)c(F)c(F)c(F)c2F)c1O.[Cl][Ti][Cl]. The maximum atomic E-state index is 13.8. The Morgan fingerprint density at radius 1 is 0.812 bits per heavy atom. The van der Waals surface area contributed by atoms with Crippen molar-refractivity contribution in [1.29, 1.82) is 0 Å². The van der Waals surface area contributed by atoms with Crippen LogP contribution in [0.5, 0.6) is 5.75 Å². The summed E-state index contributed by atoms with van der Waals surface area (Å²) >= 11 is -0.556. The number of aliphatic imine (C=N–C) groups is 1. The van der Waals surface area contributed by atoms with Crippen molar-refractivity contribution < 1.29 is 44.1 Å². The third-order valence-electron chi connectivity index (χ3n) is 4.76. The molecule has 3 aromatic carbocycles. The number of para-hydroxylation sites is 1. The van der Waals surface area contributed by atoms with Crippen molar-refractivity contribution in [2.24, 2.45) is 4.99 Å². The van der Waals surface area contributed by atoms with Crippen molar-refractivity contribution >= 4 is 30.5 Å². The molecule has 3 aromatic rings. The van der Waals surface area contributed by atoms with Crippen LogP contribution in [0.3, 0.4) is 0 Å². The molecule has 0 aliphatic carbocycles. The molecule has 0 radical (unpaired) electrons. The number of phenolic OH excluding ortho intramolecular Hbond substituents is 1. The van der Waals surface area contributed by atoms with Crippen LogP contribution in [0.4, 0.5) is 27.6 Å². The van der Waals surface area contributed by atoms with Gasteiger partial charge in [0, 0.05) is 22.8 Å². The number of halogens is 7. The van der Waals surface area contributed by atoms with Crippen molar-refractivity contribution in [3.63, 3.8) is 0 Å². The van der Waals surface area contributed by atoms with Gasteiger partial charge in [-0.05, 0) is 11.6 Å². The molecule has 10 heteroatoms. The summed E-state index contributed by atoms with van der Waals surface area (Å²) in [6.45, 7) is 3.75. The van der Waals surface area contributed by atoms with E-state index in [4.69, 9.17) is 18.6 Å². The van der Waals surface area contributed by atoms with Crippen molar-refractivity contribution in [3.05, 3.63) is 94.3 Å². The predicted octanol–water partition coefficient (Wildman–Crippen LogP) is 7.54. The second-order valence-corrected chi connectivity index (χ2v) is 9.56. The maximum absolute atomic E-state index is 13.8. The topological polar surface area (TPSA) is 32.6 Å². The Kier molecular flexibility index (Phi) is 9.28. The van der Waals surface area contributed by atoms with Gasteiger partial charge in [-0.15, -0.1) is 0 Å². The number of aromatic hydroxyl groups is 1. The molecule has 0 unspecified atom stereocenters. The number of benzene rings is 3. The second kappa shape index (κ2) is 11.3. The van der Waals surface area contributed by atoms with E-state index in [1.165, 1.54) is 6.07 Å². The van der Waals surface area contributed by atoms with Crippen LogP contribution in [-0.2, 0) is 22.4 Å². The van der Waals surface area contributed by atoms with Gasteiger partial charge in [0.25, 0.3) is 0 Å². The summed E-state index contributed by atoms with van der Waals surface area (Å²) in [7, 11) is 9.78. The molecular formula is C22H16Cl2F5NOTi. The van der Waals surface area contributed by atoms with Gasteiger partial charge in [0.15, 0.2) is 23.3 Å². The molecule has 0 saturated carbocycles. The molecule has 0 saturated heterocycles. The Bertz CT molecular complexity index is 1100. The van der Waals surface area contributed by atoms with Gasteiger partial charge in [0.05, 0.1) is 0 Å². The van der Waals surface area contributed by atoms with E-state index >= 15 is 0 Å². The number of hydrogen-bond acceptors (Lipinski definition) is 2. The van der Waals surface area contributed by atoms with Gasteiger partial charge in [0.2, 0.25) is 5.82 Å². The van der Waals surface area contributed by atoms with Gasteiger partial charge in [-0.3, -0.25) is 0 Å². The molecule has 2 nitrogen and oxygen atoms in total. The average molecular weight is 524 g/mol. The van der Waals surface area contributed by atoms with Gasteiger partial charge in [0.1, 0.15) is 11.4 Å². The third kappa shape index (κ3) is 5.52. The van der Waals surface area contributed by atoms with Gasteiger partial charge in [-0.1, -0.05) is 56.3 Å². The first-order valence-electron chi connectivity index (χ1n) is 8.97. The number of hydrogen-bond donors (Lipinski definition) is 1. The van der Waals surface area contributed by atoms with E-state index < -0.39 is 57.2 Å². The quantitative estimate of drug-likeness (QED) is 0.124. The Hall–Kier alpha value is -1.93. The van der Waals surface area contributed by atoms with Gasteiger partial charge < -0.3 is 5.11 Å². The van der Waals surface area contributed by atoms with E-state index in [-0.39, 0.29) is 11.3 Å². The zero-order chi connectivity index (χ0) is 24.1. The van der Waals surface area contributed by atoms with Crippen LogP contribution in [-0.4, -0.2) is 11.3 Å². The van der Waals surface area contributed by atoms with E-state index in [1.54, 1.807) is 12.1 Å². The molecule has 0 bridgehead atoms. The van der Waals surface area contributed by atoms with E-state index in [2.05, 4.69) is 4.99 Å². The predicted molar refractivity (Wildman–Crippen MR) is 112 cm³/mol. The van der Waals surface area contributed by atoms with Crippen LogP contribution < -0.4 is 0 Å². The van der Waals surface area contributed by atoms with Crippen LogP contribution in [0.15, 0.2) is 53.5 Å². The fourth-order valence-corrected chi connectivity index (χ4v) is 3.02. The fourth-order valence-electron chi connectivity index (χ4n) is 3.02. The molecule has 168 valence electrons. The summed E-state index contributed by atoms with van der Waals surface area (Å²) in [6.07, 6.45) is 0.859. The van der Waals surface area contributed by atoms with Gasteiger partial charge >= 0.3 is 35.6 Å². The molecule has 0 aliphatic heterocycles. The Morgan fingerprint density at radius 3 is 1.84 bits per heavy atom. The van der Waals surface area contributed by atoms with E-state index in [0.29, 0.717) is 5.56 Å². The number of nitrogens with zero attached hydrogens (tertiary/aromatic N) is 1. The number of rotatable bonds is 4. The summed E-state index contributed by atoms with van der Waals surface area (Å²) in [5.41, 5.74) is -0.474. The van der Waals surface area contributed by atoms with E-state index in [9.17, 15) is 27.1 Å². The molecule has 3 rings (SSSR count). The van der Waals surface area contributed by atoms with Crippen LogP contribution in [0.1, 0.15) is 30.5 Å². The van der Waals surface area contributed by atoms with Crippen LogP contribution in [0, 0.1) is 29.1 Å². The zero-order valence-corrected chi connectivity index (χ0v) is 19.8. The summed E-state index contributed by atoms with van der Waals surface area (Å²) in [4.78, 5) is 3.41. The Morgan fingerprint density at radius 2 is 1.31 bits per heavy atom. The standard InChI is InChI=1S/C22H16F5NO.2ClH.Ti/c1-22(2,13-8-4-3-5-9-13)14-10-6-7-12(21(14)29)11-28-20-18(26)16(24)15(23)17(25)19(20)27;;;/h3-11,29H,1-2H3;2*1H;/q;;;+2/p-2. The molecule has 0 spiro atoms. The fraction of sp³-hybridized carbons (Fsp3) is 0.136. The summed E-state index contributed by atoms with van der Waals surface area (Å²) < 4.78 is 67.4. The Balaban J connectivity index is 0.00000114. The molecule has 0 heterocycles. The molecular weight excluding hydrogens is 508 g/mol. The van der Waals surface area contributed by atoms with Crippen molar-refractivity contribution in [2.75, 3.05) is 0 Å². The minimum atomic E-state index is -2.26.